The van der Waals surface area contributed by atoms with Gasteiger partial charge in [-0.3, -0.25) is 9.69 Å². The molecule has 0 bridgehead atoms. The third-order valence-corrected chi connectivity index (χ3v) is 4.35. The van der Waals surface area contributed by atoms with E-state index in [9.17, 15) is 4.79 Å². The van der Waals surface area contributed by atoms with Gasteiger partial charge in [-0.25, -0.2) is 0 Å². The van der Waals surface area contributed by atoms with Crippen LogP contribution in [-0.2, 0) is 0 Å². The van der Waals surface area contributed by atoms with Gasteiger partial charge in [0.2, 0.25) is 0 Å². The van der Waals surface area contributed by atoms with Crippen LogP contribution < -0.4 is 4.90 Å². The molecule has 0 saturated carbocycles. The second-order valence-electron chi connectivity index (χ2n) is 5.50. The maximum Gasteiger partial charge on any atom is 0.176 e. The van der Waals surface area contributed by atoms with Gasteiger partial charge in [0.15, 0.2) is 5.78 Å². The molecule has 1 aliphatic heterocycles. The highest BCUT2D eigenvalue weighted by Gasteiger charge is 2.20. The molecule has 1 aliphatic rings. The summed E-state index contributed by atoms with van der Waals surface area (Å²) in [6, 6.07) is 17.4. The minimum Gasteiger partial charge on any atom is -0.368 e. The van der Waals surface area contributed by atoms with Crippen LogP contribution in [0.3, 0.4) is 0 Å². The lowest BCUT2D eigenvalue weighted by atomic mass is 10.1. The topological polar surface area (TPSA) is 23.6 Å². The van der Waals surface area contributed by atoms with Crippen molar-refractivity contribution in [2.75, 3.05) is 37.6 Å². The number of hydrogen-bond donors (Lipinski definition) is 0. The average Bonchev–Trinajstić information content (AvgIpc) is 2.57. The summed E-state index contributed by atoms with van der Waals surface area (Å²) in [4.78, 5) is 16.7. The number of carbonyl (C=O) groups excluding carboxylic acids is 1. The van der Waals surface area contributed by atoms with Gasteiger partial charge in [0.1, 0.15) is 0 Å². The molecule has 1 fully saturated rings. The molecule has 22 heavy (non-hydrogen) atoms. The number of nitrogens with zero attached hydrogens (tertiary/aromatic N) is 2. The second kappa shape index (κ2) is 6.95. The first-order valence-electron chi connectivity index (χ1n) is 7.54. The molecule has 0 spiro atoms. The van der Waals surface area contributed by atoms with Crippen molar-refractivity contribution in [2.45, 2.75) is 0 Å². The van der Waals surface area contributed by atoms with Crippen molar-refractivity contribution in [3.8, 4) is 0 Å². The first-order valence-corrected chi connectivity index (χ1v) is 7.92. The summed E-state index contributed by atoms with van der Waals surface area (Å²) in [5, 5.41) is 0.788. The molecule has 0 N–H and O–H groups in total. The lowest BCUT2D eigenvalue weighted by Gasteiger charge is -2.36. The van der Waals surface area contributed by atoms with Crippen molar-refractivity contribution in [2.24, 2.45) is 0 Å². The summed E-state index contributed by atoms with van der Waals surface area (Å²) in [6.45, 7) is 4.03. The van der Waals surface area contributed by atoms with Gasteiger partial charge in [-0.1, -0.05) is 54.1 Å². The van der Waals surface area contributed by atoms with Crippen molar-refractivity contribution in [3.63, 3.8) is 0 Å². The molecular formula is C18H19ClN2O. The van der Waals surface area contributed by atoms with Crippen LogP contribution >= 0.6 is 11.6 Å². The minimum atomic E-state index is 0.187. The van der Waals surface area contributed by atoms with Crippen molar-refractivity contribution in [1.29, 1.82) is 0 Å². The van der Waals surface area contributed by atoms with E-state index in [-0.39, 0.29) is 5.78 Å². The van der Waals surface area contributed by atoms with E-state index in [0.717, 1.165) is 42.5 Å². The molecule has 3 nitrogen and oxygen atoms in total. The van der Waals surface area contributed by atoms with Crippen LogP contribution in [0, 0.1) is 0 Å². The fourth-order valence-corrected chi connectivity index (χ4v) is 3.03. The standard InChI is InChI=1S/C18H19ClN2O/c19-16-8-4-5-9-17(16)21-12-10-20(11-13-21)14-18(22)15-6-2-1-3-7-15/h1-9H,10-14H2. The Morgan fingerprint density at radius 2 is 1.55 bits per heavy atom. The molecule has 2 aromatic carbocycles. The monoisotopic (exact) mass is 314 g/mol. The van der Waals surface area contributed by atoms with Gasteiger partial charge in [-0.05, 0) is 12.1 Å². The van der Waals surface area contributed by atoms with Gasteiger partial charge < -0.3 is 4.90 Å². The summed E-state index contributed by atoms with van der Waals surface area (Å²) < 4.78 is 0. The van der Waals surface area contributed by atoms with Gasteiger partial charge >= 0.3 is 0 Å². The smallest absolute Gasteiger partial charge is 0.176 e. The largest absolute Gasteiger partial charge is 0.368 e. The third-order valence-electron chi connectivity index (χ3n) is 4.03. The molecule has 4 heteroatoms. The van der Waals surface area contributed by atoms with Crippen LogP contribution in [0.5, 0.6) is 0 Å². The number of carbonyl (C=O) groups is 1. The predicted octanol–water partition coefficient (Wildman–Crippen LogP) is 3.34. The highest BCUT2D eigenvalue weighted by atomic mass is 35.5. The number of ketones is 1. The van der Waals surface area contributed by atoms with Crippen LogP contribution in [0.1, 0.15) is 10.4 Å². The third kappa shape index (κ3) is 3.49. The molecule has 0 aromatic heterocycles. The summed E-state index contributed by atoms with van der Waals surface area (Å²) >= 11 is 6.25. The van der Waals surface area contributed by atoms with E-state index in [4.69, 9.17) is 11.6 Å². The summed E-state index contributed by atoms with van der Waals surface area (Å²) in [5.41, 5.74) is 1.87. The number of piperazine rings is 1. The lowest BCUT2D eigenvalue weighted by molar-refractivity contribution is 0.0926. The Balaban J connectivity index is 1.56. The number of rotatable bonds is 4. The Morgan fingerprint density at radius 3 is 2.23 bits per heavy atom. The number of halogens is 1. The Hall–Kier alpha value is -1.84. The molecule has 2 aromatic rings. The number of Topliss-reactive ketones (excluding diaryl/α,β-unsaturated/α-hetero) is 1. The van der Waals surface area contributed by atoms with E-state index in [1.54, 1.807) is 0 Å². The van der Waals surface area contributed by atoms with E-state index in [2.05, 4.69) is 9.80 Å². The molecule has 0 radical (unpaired) electrons. The van der Waals surface area contributed by atoms with Crippen LogP contribution in [-0.4, -0.2) is 43.4 Å². The summed E-state index contributed by atoms with van der Waals surface area (Å²) in [7, 11) is 0. The molecule has 114 valence electrons. The Morgan fingerprint density at radius 1 is 0.909 bits per heavy atom. The van der Waals surface area contributed by atoms with Gasteiger partial charge in [0.05, 0.1) is 17.3 Å². The van der Waals surface area contributed by atoms with Crippen molar-refractivity contribution in [1.82, 2.24) is 4.90 Å². The number of anilines is 1. The van der Waals surface area contributed by atoms with Crippen molar-refractivity contribution >= 4 is 23.1 Å². The van der Waals surface area contributed by atoms with Crippen molar-refractivity contribution in [3.05, 3.63) is 65.2 Å². The first-order chi connectivity index (χ1) is 10.7. The Bertz CT molecular complexity index is 637. The molecule has 0 amide bonds. The van der Waals surface area contributed by atoms with E-state index in [1.165, 1.54) is 0 Å². The van der Waals surface area contributed by atoms with Gasteiger partial charge in [-0.15, -0.1) is 0 Å². The lowest BCUT2D eigenvalue weighted by Crippen LogP contribution is -2.48. The fraction of sp³-hybridized carbons (Fsp3) is 0.278. The molecule has 1 saturated heterocycles. The number of hydrogen-bond acceptors (Lipinski definition) is 3. The quantitative estimate of drug-likeness (QED) is 0.809. The molecule has 3 rings (SSSR count). The maximum atomic E-state index is 12.2. The molecule has 0 unspecified atom stereocenters. The Kier molecular flexibility index (Phi) is 4.76. The molecule has 0 aliphatic carbocycles. The van der Waals surface area contributed by atoms with Crippen LogP contribution in [0.25, 0.3) is 0 Å². The maximum absolute atomic E-state index is 12.2. The van der Waals surface area contributed by atoms with E-state index in [1.807, 2.05) is 54.6 Å². The Labute approximate surface area is 136 Å². The van der Waals surface area contributed by atoms with Gasteiger partial charge in [0.25, 0.3) is 0 Å². The SMILES string of the molecule is O=C(CN1CCN(c2ccccc2Cl)CC1)c1ccccc1. The number of para-hydroxylation sites is 1. The summed E-state index contributed by atoms with van der Waals surface area (Å²) in [6.07, 6.45) is 0. The average molecular weight is 315 g/mol. The zero-order valence-electron chi connectivity index (χ0n) is 12.4. The highest BCUT2D eigenvalue weighted by molar-refractivity contribution is 6.33. The van der Waals surface area contributed by atoms with E-state index < -0.39 is 0 Å². The number of benzene rings is 2. The van der Waals surface area contributed by atoms with Crippen LogP contribution in [0.2, 0.25) is 5.02 Å². The van der Waals surface area contributed by atoms with Crippen molar-refractivity contribution < 1.29 is 4.79 Å². The fourth-order valence-electron chi connectivity index (χ4n) is 2.77. The second-order valence-corrected chi connectivity index (χ2v) is 5.91. The highest BCUT2D eigenvalue weighted by Crippen LogP contribution is 2.25. The molecule has 1 heterocycles. The predicted molar refractivity (Wildman–Crippen MR) is 90.9 cm³/mol. The minimum absolute atomic E-state index is 0.187. The zero-order chi connectivity index (χ0) is 15.4. The first kappa shape index (κ1) is 15.1. The summed E-state index contributed by atoms with van der Waals surface area (Å²) in [5.74, 6) is 0.187. The van der Waals surface area contributed by atoms with Gasteiger partial charge in [0, 0.05) is 31.7 Å². The van der Waals surface area contributed by atoms with E-state index >= 15 is 0 Å². The molecule has 0 atom stereocenters. The molecular weight excluding hydrogens is 296 g/mol. The van der Waals surface area contributed by atoms with Crippen LogP contribution in [0.4, 0.5) is 5.69 Å². The van der Waals surface area contributed by atoms with Gasteiger partial charge in [-0.2, -0.15) is 0 Å². The van der Waals surface area contributed by atoms with Crippen LogP contribution in [0.15, 0.2) is 54.6 Å². The van der Waals surface area contributed by atoms with E-state index in [0.29, 0.717) is 6.54 Å². The normalized spacial score (nSPS) is 15.8. The zero-order valence-corrected chi connectivity index (χ0v) is 13.2.